The number of rotatable bonds is 4. The first kappa shape index (κ1) is 13.5. The van der Waals surface area contributed by atoms with E-state index in [1.807, 2.05) is 0 Å². The van der Waals surface area contributed by atoms with Crippen LogP contribution in [0.15, 0.2) is 11.6 Å². The molecule has 2 aliphatic rings. The summed E-state index contributed by atoms with van der Waals surface area (Å²) in [6.07, 6.45) is 7.03. The number of likely N-dealkylation sites (tertiary alicyclic amines) is 1. The van der Waals surface area contributed by atoms with E-state index >= 15 is 0 Å². The van der Waals surface area contributed by atoms with Crippen molar-refractivity contribution in [1.29, 1.82) is 0 Å². The highest BCUT2D eigenvalue weighted by atomic mass is 32.1. The average Bonchev–Trinajstić information content (AvgIpc) is 3.25. The Hall–Kier alpha value is -1.11. The summed E-state index contributed by atoms with van der Waals surface area (Å²) in [4.78, 5) is 11.1. The molecule has 0 aromatic carbocycles. The molecule has 1 unspecified atom stereocenters. The molecular weight excluding hydrogens is 282 g/mol. The van der Waals surface area contributed by atoms with Crippen LogP contribution in [0.3, 0.4) is 0 Å². The van der Waals surface area contributed by atoms with E-state index in [1.165, 1.54) is 43.9 Å². The van der Waals surface area contributed by atoms with E-state index in [4.69, 9.17) is 10.7 Å². The summed E-state index contributed by atoms with van der Waals surface area (Å²) >= 11 is 1.71. The average molecular weight is 305 g/mol. The van der Waals surface area contributed by atoms with Crippen molar-refractivity contribution in [3.63, 3.8) is 0 Å². The van der Waals surface area contributed by atoms with E-state index in [1.54, 1.807) is 11.3 Å². The van der Waals surface area contributed by atoms with Crippen LogP contribution in [0.4, 0.5) is 5.82 Å². The van der Waals surface area contributed by atoms with Crippen LogP contribution in [0, 0.1) is 0 Å². The molecule has 0 spiro atoms. The van der Waals surface area contributed by atoms with Gasteiger partial charge in [-0.2, -0.15) is 0 Å². The quantitative estimate of drug-likeness (QED) is 0.931. The van der Waals surface area contributed by atoms with Gasteiger partial charge in [0.05, 0.1) is 5.69 Å². The van der Waals surface area contributed by atoms with Gasteiger partial charge in [-0.05, 0) is 38.9 Å². The third kappa shape index (κ3) is 2.35. The monoisotopic (exact) mass is 305 g/mol. The fraction of sp³-hybridized carbons (Fsp3) is 0.667. The number of imidazole rings is 1. The summed E-state index contributed by atoms with van der Waals surface area (Å²) in [5.41, 5.74) is 7.10. The second-order valence-electron chi connectivity index (χ2n) is 6.11. The largest absolute Gasteiger partial charge is 0.353 e. The van der Waals surface area contributed by atoms with Crippen LogP contribution >= 0.6 is 11.3 Å². The Bertz CT molecular complexity index is 613. The normalized spacial score (nSPS) is 23.7. The van der Waals surface area contributed by atoms with Crippen LogP contribution in [0.5, 0.6) is 0 Å². The van der Waals surface area contributed by atoms with Crippen molar-refractivity contribution in [1.82, 2.24) is 14.3 Å². The zero-order valence-electron chi connectivity index (χ0n) is 12.4. The number of thiazole rings is 1. The zero-order valence-corrected chi connectivity index (χ0v) is 13.2. The van der Waals surface area contributed by atoms with Gasteiger partial charge < -0.3 is 10.6 Å². The smallest absolute Gasteiger partial charge is 0.195 e. The van der Waals surface area contributed by atoms with Crippen molar-refractivity contribution in [2.24, 2.45) is 5.73 Å². The summed E-state index contributed by atoms with van der Waals surface area (Å²) in [6, 6.07) is 0.720. The Balaban J connectivity index is 1.58. The van der Waals surface area contributed by atoms with Gasteiger partial charge in [-0.15, -0.1) is 11.3 Å². The fourth-order valence-electron chi connectivity index (χ4n) is 3.78. The molecule has 0 amide bonds. The lowest BCUT2D eigenvalue weighted by atomic mass is 10.2. The van der Waals surface area contributed by atoms with E-state index < -0.39 is 0 Å². The molecule has 21 heavy (non-hydrogen) atoms. The van der Waals surface area contributed by atoms with Crippen LogP contribution in [-0.2, 0) is 6.42 Å². The van der Waals surface area contributed by atoms with Crippen molar-refractivity contribution in [3.8, 4) is 0 Å². The summed E-state index contributed by atoms with van der Waals surface area (Å²) in [6.45, 7) is 5.50. The van der Waals surface area contributed by atoms with Gasteiger partial charge >= 0.3 is 0 Å². The minimum absolute atomic E-state index is 0.681. The molecular formula is C15H23N5S. The molecule has 114 valence electrons. The SMILES string of the molecule is NCCc1c(N2CCC(N3CCCC3)C2)nc2sccn12. The molecule has 2 aromatic heterocycles. The molecule has 6 heteroatoms. The predicted molar refractivity (Wildman–Crippen MR) is 87.3 cm³/mol. The van der Waals surface area contributed by atoms with Crippen molar-refractivity contribution in [2.75, 3.05) is 37.6 Å². The van der Waals surface area contributed by atoms with E-state index in [-0.39, 0.29) is 0 Å². The molecule has 0 aliphatic carbocycles. The number of aromatic nitrogens is 2. The Morgan fingerprint density at radius 1 is 1.29 bits per heavy atom. The van der Waals surface area contributed by atoms with Gasteiger partial charge in [-0.25, -0.2) is 4.98 Å². The molecule has 2 N–H and O–H groups in total. The minimum atomic E-state index is 0.681. The molecule has 0 bridgehead atoms. The number of nitrogens with two attached hydrogens (primary N) is 1. The molecule has 0 radical (unpaired) electrons. The van der Waals surface area contributed by atoms with Crippen molar-refractivity contribution in [2.45, 2.75) is 31.7 Å². The first-order valence-corrected chi connectivity index (χ1v) is 8.88. The fourth-order valence-corrected chi connectivity index (χ4v) is 4.51. The summed E-state index contributed by atoms with van der Waals surface area (Å²) in [5, 5.41) is 2.10. The standard InChI is InChI=1S/C15H23N5S/c16-5-3-13-14(17-15-20(13)9-10-21-15)19-8-4-12(11-19)18-6-1-2-7-18/h9-10,12H,1-8,11,16H2. The maximum Gasteiger partial charge on any atom is 0.195 e. The number of hydrogen-bond donors (Lipinski definition) is 1. The minimum Gasteiger partial charge on any atom is -0.353 e. The first-order valence-electron chi connectivity index (χ1n) is 8.00. The van der Waals surface area contributed by atoms with E-state index in [2.05, 4.69) is 25.8 Å². The Kier molecular flexibility index (Phi) is 3.61. The second-order valence-corrected chi connectivity index (χ2v) is 6.98. The topological polar surface area (TPSA) is 49.8 Å². The Morgan fingerprint density at radius 3 is 2.95 bits per heavy atom. The maximum atomic E-state index is 5.81. The summed E-state index contributed by atoms with van der Waals surface area (Å²) < 4.78 is 2.22. The summed E-state index contributed by atoms with van der Waals surface area (Å²) in [7, 11) is 0. The third-order valence-corrected chi connectivity index (χ3v) is 5.60. The lowest BCUT2D eigenvalue weighted by Crippen LogP contribution is -2.35. The van der Waals surface area contributed by atoms with Crippen LogP contribution < -0.4 is 10.6 Å². The number of fused-ring (bicyclic) bond motifs is 1. The Labute approximate surface area is 129 Å². The van der Waals surface area contributed by atoms with Crippen molar-refractivity contribution >= 4 is 22.1 Å². The molecule has 2 aliphatic heterocycles. The molecule has 4 heterocycles. The van der Waals surface area contributed by atoms with Gasteiger partial charge in [0.1, 0.15) is 0 Å². The third-order valence-electron chi connectivity index (χ3n) is 4.84. The molecule has 4 rings (SSSR count). The zero-order chi connectivity index (χ0) is 14.2. The van der Waals surface area contributed by atoms with Crippen LogP contribution in [0.1, 0.15) is 25.0 Å². The number of anilines is 1. The first-order chi connectivity index (χ1) is 10.4. The highest BCUT2D eigenvalue weighted by molar-refractivity contribution is 7.15. The van der Waals surface area contributed by atoms with E-state index in [0.29, 0.717) is 6.54 Å². The van der Waals surface area contributed by atoms with Crippen LogP contribution in [0.25, 0.3) is 4.96 Å². The lowest BCUT2D eigenvalue weighted by molar-refractivity contribution is 0.260. The highest BCUT2D eigenvalue weighted by Gasteiger charge is 2.31. The maximum absolute atomic E-state index is 5.81. The van der Waals surface area contributed by atoms with Gasteiger partial charge in [0, 0.05) is 37.1 Å². The lowest BCUT2D eigenvalue weighted by Gasteiger charge is -2.24. The van der Waals surface area contributed by atoms with Gasteiger partial charge in [0.25, 0.3) is 0 Å². The predicted octanol–water partition coefficient (Wildman–Crippen LogP) is 1.57. The van der Waals surface area contributed by atoms with E-state index in [9.17, 15) is 0 Å². The molecule has 2 aromatic rings. The highest BCUT2D eigenvalue weighted by Crippen LogP contribution is 2.29. The Morgan fingerprint density at radius 2 is 2.14 bits per heavy atom. The molecule has 5 nitrogen and oxygen atoms in total. The van der Waals surface area contributed by atoms with Crippen molar-refractivity contribution in [3.05, 3.63) is 17.3 Å². The molecule has 2 fully saturated rings. The van der Waals surface area contributed by atoms with Crippen LogP contribution in [-0.4, -0.2) is 53.1 Å². The van der Waals surface area contributed by atoms with Gasteiger partial charge in [0.15, 0.2) is 10.8 Å². The molecule has 2 saturated heterocycles. The van der Waals surface area contributed by atoms with Crippen molar-refractivity contribution < 1.29 is 0 Å². The second kappa shape index (κ2) is 5.59. The number of hydrogen-bond acceptors (Lipinski definition) is 5. The number of nitrogens with zero attached hydrogens (tertiary/aromatic N) is 4. The summed E-state index contributed by atoms with van der Waals surface area (Å²) in [5.74, 6) is 1.17. The van der Waals surface area contributed by atoms with Gasteiger partial charge in [-0.3, -0.25) is 9.30 Å². The molecule has 1 atom stereocenters. The molecule has 0 saturated carbocycles. The van der Waals surface area contributed by atoms with Crippen LogP contribution in [0.2, 0.25) is 0 Å². The van der Waals surface area contributed by atoms with Gasteiger partial charge in [-0.1, -0.05) is 0 Å². The van der Waals surface area contributed by atoms with E-state index in [0.717, 1.165) is 30.5 Å². The van der Waals surface area contributed by atoms with Gasteiger partial charge in [0.2, 0.25) is 0 Å².